The molecule has 3 aromatic rings. The number of thiocarbonyl (C=S) groups is 1. The summed E-state index contributed by atoms with van der Waals surface area (Å²) in [6, 6.07) is 15.0. The summed E-state index contributed by atoms with van der Waals surface area (Å²) in [4.78, 5) is 6.73. The molecule has 0 saturated carbocycles. The zero-order valence-electron chi connectivity index (χ0n) is 16.1. The van der Waals surface area contributed by atoms with Crippen LogP contribution in [0.5, 0.6) is 0 Å². The number of pyridine rings is 1. The van der Waals surface area contributed by atoms with E-state index in [1.165, 1.54) is 0 Å². The molecule has 29 heavy (non-hydrogen) atoms. The summed E-state index contributed by atoms with van der Waals surface area (Å²) < 4.78 is 6.29. The average molecular weight is 446 g/mol. The molecular formula is C22H21Cl2N3OS. The van der Waals surface area contributed by atoms with Crippen LogP contribution in [0.4, 0.5) is 0 Å². The van der Waals surface area contributed by atoms with Crippen molar-refractivity contribution in [3.05, 3.63) is 76.2 Å². The lowest BCUT2D eigenvalue weighted by molar-refractivity contribution is 0.253. The molecule has 150 valence electrons. The molecule has 2 atom stereocenters. The Morgan fingerprint density at radius 3 is 2.69 bits per heavy atom. The van der Waals surface area contributed by atoms with Gasteiger partial charge in [-0.15, -0.1) is 0 Å². The van der Waals surface area contributed by atoms with E-state index in [1.54, 1.807) is 18.3 Å². The molecule has 2 aromatic heterocycles. The molecular weight excluding hydrogens is 425 g/mol. The summed E-state index contributed by atoms with van der Waals surface area (Å²) >= 11 is 18.1. The highest BCUT2D eigenvalue weighted by molar-refractivity contribution is 7.80. The van der Waals surface area contributed by atoms with Gasteiger partial charge in [0, 0.05) is 23.3 Å². The first kappa shape index (κ1) is 20.2. The van der Waals surface area contributed by atoms with Crippen LogP contribution in [0.15, 0.2) is 59.1 Å². The van der Waals surface area contributed by atoms with Gasteiger partial charge in [0.1, 0.15) is 17.6 Å². The Morgan fingerprint density at radius 1 is 1.17 bits per heavy atom. The van der Waals surface area contributed by atoms with Gasteiger partial charge in [0.2, 0.25) is 0 Å². The highest BCUT2D eigenvalue weighted by Crippen LogP contribution is 2.41. The number of hydrogen-bond acceptors (Lipinski definition) is 3. The zero-order valence-corrected chi connectivity index (χ0v) is 18.4. The monoisotopic (exact) mass is 445 g/mol. The maximum Gasteiger partial charge on any atom is 0.170 e. The highest BCUT2D eigenvalue weighted by Gasteiger charge is 2.41. The number of nitrogens with zero attached hydrogens (tertiary/aromatic N) is 2. The van der Waals surface area contributed by atoms with Gasteiger partial charge in [-0.3, -0.25) is 4.98 Å². The van der Waals surface area contributed by atoms with Crippen LogP contribution in [0.1, 0.15) is 37.4 Å². The molecule has 1 aliphatic heterocycles. The van der Waals surface area contributed by atoms with E-state index in [4.69, 9.17) is 39.8 Å². The Kier molecular flexibility index (Phi) is 5.81. The topological polar surface area (TPSA) is 41.3 Å². The molecule has 0 unspecified atom stereocenters. The van der Waals surface area contributed by atoms with Gasteiger partial charge in [-0.25, -0.2) is 0 Å². The van der Waals surface area contributed by atoms with Crippen molar-refractivity contribution in [1.29, 1.82) is 0 Å². The van der Waals surface area contributed by atoms with Crippen LogP contribution in [0, 0.1) is 5.92 Å². The van der Waals surface area contributed by atoms with Crippen LogP contribution in [0.25, 0.3) is 11.3 Å². The molecule has 0 bridgehead atoms. The predicted molar refractivity (Wildman–Crippen MR) is 121 cm³/mol. The van der Waals surface area contributed by atoms with Crippen molar-refractivity contribution in [3.8, 4) is 11.3 Å². The van der Waals surface area contributed by atoms with E-state index in [2.05, 4.69) is 29.0 Å². The molecule has 1 N–H and O–H groups in total. The number of rotatable bonds is 5. The first-order valence-electron chi connectivity index (χ1n) is 9.47. The third kappa shape index (κ3) is 4.13. The number of hydrogen-bond donors (Lipinski definition) is 1. The maximum absolute atomic E-state index is 6.38. The summed E-state index contributed by atoms with van der Waals surface area (Å²) in [5.74, 6) is 1.96. The Balaban J connectivity index is 1.74. The largest absolute Gasteiger partial charge is 0.459 e. The first-order valence-corrected chi connectivity index (χ1v) is 10.6. The number of nitrogens with one attached hydrogen (secondary N) is 1. The Morgan fingerprint density at radius 2 is 2.00 bits per heavy atom. The van der Waals surface area contributed by atoms with Crippen LogP contribution in [-0.4, -0.2) is 21.5 Å². The van der Waals surface area contributed by atoms with E-state index >= 15 is 0 Å². The summed E-state index contributed by atoms with van der Waals surface area (Å²) in [6.07, 6.45) is 1.79. The Bertz CT molecular complexity index is 1020. The van der Waals surface area contributed by atoms with Crippen LogP contribution >= 0.6 is 35.4 Å². The first-order chi connectivity index (χ1) is 13.9. The number of benzene rings is 1. The summed E-state index contributed by atoms with van der Waals surface area (Å²) in [6.45, 7) is 5.17. The molecule has 1 aliphatic rings. The molecule has 3 heterocycles. The van der Waals surface area contributed by atoms with Crippen LogP contribution in [0.3, 0.4) is 0 Å². The summed E-state index contributed by atoms with van der Waals surface area (Å²) in [5.41, 5.74) is 1.73. The third-order valence-corrected chi connectivity index (χ3v) is 5.77. The lowest BCUT2D eigenvalue weighted by Gasteiger charge is -2.27. The van der Waals surface area contributed by atoms with Gasteiger partial charge in [-0.2, -0.15) is 0 Å². The van der Waals surface area contributed by atoms with Gasteiger partial charge < -0.3 is 14.6 Å². The molecule has 1 fully saturated rings. The third-order valence-electron chi connectivity index (χ3n) is 4.87. The molecule has 0 spiro atoms. The number of halogens is 2. The lowest BCUT2D eigenvalue weighted by atomic mass is 10.0. The van der Waals surface area contributed by atoms with E-state index in [0.717, 1.165) is 23.6 Å². The van der Waals surface area contributed by atoms with Crippen molar-refractivity contribution in [2.24, 2.45) is 5.92 Å². The molecule has 1 aromatic carbocycles. The zero-order chi connectivity index (χ0) is 20.5. The molecule has 0 aliphatic carbocycles. The van der Waals surface area contributed by atoms with Gasteiger partial charge in [0.25, 0.3) is 0 Å². The lowest BCUT2D eigenvalue weighted by Crippen LogP contribution is -2.32. The molecule has 1 saturated heterocycles. The van der Waals surface area contributed by atoms with E-state index in [1.807, 2.05) is 36.4 Å². The highest BCUT2D eigenvalue weighted by atomic mass is 35.5. The second-order valence-electron chi connectivity index (χ2n) is 7.50. The van der Waals surface area contributed by atoms with Crippen molar-refractivity contribution in [2.45, 2.75) is 25.9 Å². The van der Waals surface area contributed by atoms with Gasteiger partial charge in [0.15, 0.2) is 5.11 Å². The fourth-order valence-corrected chi connectivity index (χ4v) is 4.47. The molecule has 7 heteroatoms. The normalized spacial score (nSPS) is 19.1. The second-order valence-corrected chi connectivity index (χ2v) is 8.73. The van der Waals surface area contributed by atoms with Crippen molar-refractivity contribution < 1.29 is 4.42 Å². The van der Waals surface area contributed by atoms with Gasteiger partial charge in [-0.1, -0.05) is 43.1 Å². The fourth-order valence-electron chi connectivity index (χ4n) is 3.65. The maximum atomic E-state index is 6.38. The fraction of sp³-hybridized carbons (Fsp3) is 0.273. The quantitative estimate of drug-likeness (QED) is 0.468. The standard InChI is InChI=1S/C22H21Cl2N3OS/c1-13(2)12-27-21(20(26-22(27)29)17-5-3-4-10-25-17)19-9-8-18(28-19)15-7-6-14(23)11-16(15)24/h3-11,13,20-21H,12H2,1-2H3,(H,26,29)/t20-,21-/m0/s1. The second kappa shape index (κ2) is 8.34. The van der Waals surface area contributed by atoms with Crippen LogP contribution in [-0.2, 0) is 0 Å². The number of furan rings is 1. The van der Waals surface area contributed by atoms with E-state index < -0.39 is 0 Å². The predicted octanol–water partition coefficient (Wildman–Crippen LogP) is 6.28. The Hall–Kier alpha value is -2.08. The summed E-state index contributed by atoms with van der Waals surface area (Å²) in [7, 11) is 0. The van der Waals surface area contributed by atoms with E-state index in [-0.39, 0.29) is 12.1 Å². The van der Waals surface area contributed by atoms with E-state index in [0.29, 0.717) is 26.8 Å². The minimum atomic E-state index is -0.0976. The van der Waals surface area contributed by atoms with Crippen molar-refractivity contribution in [3.63, 3.8) is 0 Å². The van der Waals surface area contributed by atoms with Gasteiger partial charge in [0.05, 0.1) is 16.8 Å². The summed E-state index contributed by atoms with van der Waals surface area (Å²) in [5, 5.41) is 5.29. The number of aromatic nitrogens is 1. The molecule has 4 nitrogen and oxygen atoms in total. The van der Waals surface area contributed by atoms with Crippen molar-refractivity contribution in [1.82, 2.24) is 15.2 Å². The van der Waals surface area contributed by atoms with Crippen molar-refractivity contribution >= 4 is 40.5 Å². The smallest absolute Gasteiger partial charge is 0.170 e. The molecule has 0 amide bonds. The Labute approximate surface area is 185 Å². The van der Waals surface area contributed by atoms with Crippen LogP contribution in [0.2, 0.25) is 10.0 Å². The molecule has 4 rings (SSSR count). The average Bonchev–Trinajstić information content (AvgIpc) is 3.27. The van der Waals surface area contributed by atoms with Crippen LogP contribution < -0.4 is 5.32 Å². The van der Waals surface area contributed by atoms with Gasteiger partial charge >= 0.3 is 0 Å². The van der Waals surface area contributed by atoms with Gasteiger partial charge in [-0.05, 0) is 60.6 Å². The minimum absolute atomic E-state index is 0.0952. The molecule has 0 radical (unpaired) electrons. The SMILES string of the molecule is CC(C)CN1C(=S)N[C@@H](c2ccccn2)[C@@H]1c1ccc(-c2ccc(Cl)cc2Cl)o1. The van der Waals surface area contributed by atoms with E-state index in [9.17, 15) is 0 Å². The van der Waals surface area contributed by atoms with Crippen molar-refractivity contribution in [2.75, 3.05) is 6.54 Å². The minimum Gasteiger partial charge on any atom is -0.459 e.